The Kier molecular flexibility index (Phi) is 5.86. The van der Waals surface area contributed by atoms with E-state index in [0.29, 0.717) is 17.5 Å². The third-order valence-corrected chi connectivity index (χ3v) is 3.06. The van der Waals surface area contributed by atoms with E-state index in [4.69, 9.17) is 17.3 Å². The van der Waals surface area contributed by atoms with E-state index in [1.165, 1.54) is 0 Å². The van der Waals surface area contributed by atoms with Gasteiger partial charge in [-0.3, -0.25) is 0 Å². The van der Waals surface area contributed by atoms with Gasteiger partial charge in [0, 0.05) is 17.6 Å². The van der Waals surface area contributed by atoms with Crippen molar-refractivity contribution >= 4 is 52.6 Å². The summed E-state index contributed by atoms with van der Waals surface area (Å²) in [6, 6.07) is 5.66. The Morgan fingerprint density at radius 3 is 2.71 bits per heavy atom. The lowest BCUT2D eigenvalue weighted by molar-refractivity contribution is 0.508. The van der Waals surface area contributed by atoms with Gasteiger partial charge < -0.3 is 15.6 Å². The van der Waals surface area contributed by atoms with Crippen molar-refractivity contribution in [3.05, 3.63) is 29.0 Å². The Morgan fingerprint density at radius 2 is 2.10 bits per heavy atom. The SMILES string of the molecule is Cn1c(CN=C(N)NC(C)(C)C)nc2cc(Cl)ccc21.I. The number of benzene rings is 1. The van der Waals surface area contributed by atoms with Crippen molar-refractivity contribution in [3.8, 4) is 0 Å². The number of fused-ring (bicyclic) bond motifs is 1. The van der Waals surface area contributed by atoms with E-state index in [0.717, 1.165) is 16.9 Å². The van der Waals surface area contributed by atoms with Crippen LogP contribution in [0.1, 0.15) is 26.6 Å². The largest absolute Gasteiger partial charge is 0.370 e. The molecule has 21 heavy (non-hydrogen) atoms. The van der Waals surface area contributed by atoms with E-state index in [-0.39, 0.29) is 29.5 Å². The molecular formula is C14H21ClIN5. The van der Waals surface area contributed by atoms with E-state index in [1.54, 1.807) is 0 Å². The summed E-state index contributed by atoms with van der Waals surface area (Å²) in [5, 5.41) is 3.80. The molecule has 2 aromatic rings. The Balaban J connectivity index is 0.00000220. The lowest BCUT2D eigenvalue weighted by Gasteiger charge is -2.20. The fourth-order valence-corrected chi connectivity index (χ4v) is 2.11. The predicted molar refractivity (Wildman–Crippen MR) is 99.4 cm³/mol. The fraction of sp³-hybridized carbons (Fsp3) is 0.429. The average molecular weight is 422 g/mol. The minimum Gasteiger partial charge on any atom is -0.370 e. The van der Waals surface area contributed by atoms with Crippen LogP contribution in [0, 0.1) is 0 Å². The zero-order valence-corrected chi connectivity index (χ0v) is 15.7. The van der Waals surface area contributed by atoms with Gasteiger partial charge in [0.2, 0.25) is 0 Å². The van der Waals surface area contributed by atoms with Crippen LogP contribution in [-0.4, -0.2) is 21.0 Å². The summed E-state index contributed by atoms with van der Waals surface area (Å²) in [5.41, 5.74) is 7.65. The molecule has 2 rings (SSSR count). The van der Waals surface area contributed by atoms with Crippen LogP contribution >= 0.6 is 35.6 Å². The predicted octanol–water partition coefficient (Wildman–Crippen LogP) is 3.05. The highest BCUT2D eigenvalue weighted by Gasteiger charge is 2.11. The van der Waals surface area contributed by atoms with Gasteiger partial charge in [0.05, 0.1) is 11.0 Å². The topological polar surface area (TPSA) is 68.2 Å². The highest BCUT2D eigenvalue weighted by atomic mass is 127. The van der Waals surface area contributed by atoms with E-state index in [1.807, 2.05) is 50.6 Å². The van der Waals surface area contributed by atoms with Gasteiger partial charge in [-0.05, 0) is 39.0 Å². The second-order valence-electron chi connectivity index (χ2n) is 5.80. The number of nitrogens with one attached hydrogen (secondary N) is 1. The molecular weight excluding hydrogens is 401 g/mol. The molecule has 0 unspecified atom stereocenters. The molecule has 7 heteroatoms. The van der Waals surface area contributed by atoms with Crippen LogP contribution in [0.4, 0.5) is 0 Å². The van der Waals surface area contributed by atoms with Gasteiger partial charge in [0.15, 0.2) is 5.96 Å². The molecule has 0 fully saturated rings. The molecule has 5 nitrogen and oxygen atoms in total. The van der Waals surface area contributed by atoms with Crippen LogP contribution in [-0.2, 0) is 13.6 Å². The number of guanidine groups is 1. The number of hydrogen-bond donors (Lipinski definition) is 2. The number of rotatable bonds is 2. The first-order valence-electron chi connectivity index (χ1n) is 6.45. The molecule has 0 bridgehead atoms. The number of halogens is 2. The van der Waals surface area contributed by atoms with Gasteiger partial charge in [0.1, 0.15) is 12.4 Å². The van der Waals surface area contributed by atoms with E-state index >= 15 is 0 Å². The van der Waals surface area contributed by atoms with Crippen molar-refractivity contribution in [3.63, 3.8) is 0 Å². The maximum absolute atomic E-state index is 5.97. The summed E-state index contributed by atoms with van der Waals surface area (Å²) in [6.07, 6.45) is 0. The van der Waals surface area contributed by atoms with Gasteiger partial charge in [-0.1, -0.05) is 11.6 Å². The first-order chi connectivity index (χ1) is 9.26. The Bertz CT molecular complexity index is 657. The van der Waals surface area contributed by atoms with Crippen molar-refractivity contribution < 1.29 is 0 Å². The Morgan fingerprint density at radius 1 is 1.43 bits per heavy atom. The molecule has 116 valence electrons. The molecule has 1 aromatic heterocycles. The second-order valence-corrected chi connectivity index (χ2v) is 6.23. The number of aliphatic imine (C=N–C) groups is 1. The lowest BCUT2D eigenvalue weighted by Crippen LogP contribution is -2.45. The quantitative estimate of drug-likeness (QED) is 0.445. The smallest absolute Gasteiger partial charge is 0.189 e. The van der Waals surface area contributed by atoms with Gasteiger partial charge in [0.25, 0.3) is 0 Å². The molecule has 0 aliphatic rings. The Hall–Kier alpha value is -1.02. The maximum atomic E-state index is 5.97. The monoisotopic (exact) mass is 421 g/mol. The summed E-state index contributed by atoms with van der Waals surface area (Å²) in [6.45, 7) is 6.53. The molecule has 0 radical (unpaired) electrons. The van der Waals surface area contributed by atoms with Crippen molar-refractivity contribution in [2.24, 2.45) is 17.8 Å². The van der Waals surface area contributed by atoms with Gasteiger partial charge >= 0.3 is 0 Å². The molecule has 0 aliphatic heterocycles. The van der Waals surface area contributed by atoms with Crippen molar-refractivity contribution in [2.75, 3.05) is 0 Å². The minimum absolute atomic E-state index is 0. The van der Waals surface area contributed by atoms with Crippen LogP contribution < -0.4 is 11.1 Å². The molecule has 3 N–H and O–H groups in total. The van der Waals surface area contributed by atoms with Gasteiger partial charge in [-0.2, -0.15) is 0 Å². The number of nitrogens with two attached hydrogens (primary N) is 1. The van der Waals surface area contributed by atoms with Crippen LogP contribution in [0.3, 0.4) is 0 Å². The maximum Gasteiger partial charge on any atom is 0.189 e. The summed E-state index contributed by atoms with van der Waals surface area (Å²) >= 11 is 5.97. The number of nitrogens with zero attached hydrogens (tertiary/aromatic N) is 3. The first-order valence-corrected chi connectivity index (χ1v) is 6.83. The highest BCUT2D eigenvalue weighted by molar-refractivity contribution is 14.0. The standard InChI is InChI=1S/C14H20ClN5.HI/c1-14(2,3)19-13(16)17-8-12-18-10-7-9(15)5-6-11(10)20(12)4;/h5-7H,8H2,1-4H3,(H3,16,17,19);1H. The molecule has 0 saturated carbocycles. The number of aryl methyl sites for hydroxylation is 1. The second kappa shape index (κ2) is 6.83. The number of hydrogen-bond acceptors (Lipinski definition) is 2. The van der Waals surface area contributed by atoms with E-state index in [9.17, 15) is 0 Å². The van der Waals surface area contributed by atoms with Crippen LogP contribution in [0.2, 0.25) is 5.02 Å². The summed E-state index contributed by atoms with van der Waals surface area (Å²) < 4.78 is 2.00. The minimum atomic E-state index is -0.104. The van der Waals surface area contributed by atoms with Gasteiger partial charge in [-0.15, -0.1) is 24.0 Å². The normalized spacial score (nSPS) is 12.3. The molecule has 0 aliphatic carbocycles. The third-order valence-electron chi connectivity index (χ3n) is 2.83. The molecule has 1 aromatic carbocycles. The fourth-order valence-electron chi connectivity index (χ4n) is 1.94. The van der Waals surface area contributed by atoms with Crippen LogP contribution in [0.15, 0.2) is 23.2 Å². The van der Waals surface area contributed by atoms with Gasteiger partial charge in [-0.25, -0.2) is 9.98 Å². The number of aromatic nitrogens is 2. The van der Waals surface area contributed by atoms with Crippen molar-refractivity contribution in [1.29, 1.82) is 0 Å². The highest BCUT2D eigenvalue weighted by Crippen LogP contribution is 2.19. The van der Waals surface area contributed by atoms with Crippen LogP contribution in [0.5, 0.6) is 0 Å². The third kappa shape index (κ3) is 4.74. The molecule has 0 atom stereocenters. The van der Waals surface area contributed by atoms with Crippen LogP contribution in [0.25, 0.3) is 11.0 Å². The molecule has 0 spiro atoms. The van der Waals surface area contributed by atoms with Crippen molar-refractivity contribution in [2.45, 2.75) is 32.9 Å². The zero-order chi connectivity index (χ0) is 14.9. The van der Waals surface area contributed by atoms with Crippen molar-refractivity contribution in [1.82, 2.24) is 14.9 Å². The summed E-state index contributed by atoms with van der Waals surface area (Å²) in [7, 11) is 1.96. The molecule has 0 amide bonds. The molecule has 1 heterocycles. The molecule has 0 saturated heterocycles. The average Bonchev–Trinajstić information content (AvgIpc) is 2.61. The van der Waals surface area contributed by atoms with E-state index in [2.05, 4.69) is 15.3 Å². The summed E-state index contributed by atoms with van der Waals surface area (Å²) in [5.74, 6) is 1.27. The summed E-state index contributed by atoms with van der Waals surface area (Å²) in [4.78, 5) is 8.85. The zero-order valence-electron chi connectivity index (χ0n) is 12.6. The first kappa shape index (κ1) is 18.0. The lowest BCUT2D eigenvalue weighted by atomic mass is 10.1. The number of imidazole rings is 1. The van der Waals surface area contributed by atoms with E-state index < -0.39 is 0 Å². The Labute approximate surface area is 147 Å².